The molecule has 0 fully saturated rings. The first-order valence-corrected chi connectivity index (χ1v) is 11.0. The van der Waals surface area contributed by atoms with E-state index in [2.05, 4.69) is 25.3 Å². The van der Waals surface area contributed by atoms with Crippen LogP contribution in [0.1, 0.15) is 34.1 Å². The van der Waals surface area contributed by atoms with Gasteiger partial charge in [0.15, 0.2) is 0 Å². The van der Waals surface area contributed by atoms with Crippen LogP contribution in [0.2, 0.25) is 0 Å². The fourth-order valence-electron chi connectivity index (χ4n) is 3.78. The summed E-state index contributed by atoms with van der Waals surface area (Å²) in [6.07, 6.45) is 4.95. The molecule has 0 aromatic heterocycles. The average molecular weight is 549 g/mol. The number of hydrogen-bond acceptors (Lipinski definition) is 2. The van der Waals surface area contributed by atoms with Gasteiger partial charge in [0.1, 0.15) is 0 Å². The molecule has 4 rings (SSSR count). The summed E-state index contributed by atoms with van der Waals surface area (Å²) >= 11 is 0. The SMILES string of the molecule is C=[C-]C(=O)C(c1ccccc1)c1ccccc1.C=[C-]C(=O)C(c1ccccc1)c1ccccc1.[Pd+2]. The van der Waals surface area contributed by atoms with E-state index in [1.807, 2.05) is 121 Å². The first-order valence-electron chi connectivity index (χ1n) is 11.0. The minimum Gasteiger partial charge on any atom is -0.433 e. The maximum absolute atomic E-state index is 11.9. The van der Waals surface area contributed by atoms with Crippen LogP contribution in [0.4, 0.5) is 0 Å². The Balaban J connectivity index is 0.000000240. The van der Waals surface area contributed by atoms with E-state index < -0.39 is 0 Å². The standard InChI is InChI=1S/2C16H13O.Pd/c2*1-2-15(17)16(13-9-5-3-6-10-13)14-11-7-4-8-12-14;/h2*3-12,16H,1H2;/q2*-1;+2. The summed E-state index contributed by atoms with van der Waals surface area (Å²) in [4.78, 5) is 23.9. The van der Waals surface area contributed by atoms with Crippen molar-refractivity contribution in [3.8, 4) is 0 Å². The summed E-state index contributed by atoms with van der Waals surface area (Å²) in [6.45, 7) is 6.92. The van der Waals surface area contributed by atoms with Crippen molar-refractivity contribution in [2.24, 2.45) is 0 Å². The van der Waals surface area contributed by atoms with Gasteiger partial charge in [-0.1, -0.05) is 121 Å². The largest absolute Gasteiger partial charge is 2.00 e. The molecular weight excluding hydrogens is 523 g/mol. The van der Waals surface area contributed by atoms with E-state index in [0.29, 0.717) is 0 Å². The Kier molecular flexibility index (Phi) is 11.5. The van der Waals surface area contributed by atoms with E-state index in [1.54, 1.807) is 0 Å². The number of hydrogen-bond donors (Lipinski definition) is 0. The van der Waals surface area contributed by atoms with Gasteiger partial charge in [-0.3, -0.25) is 13.2 Å². The molecule has 0 bridgehead atoms. The first-order chi connectivity index (χ1) is 16.7. The molecular formula is C32H26O2Pd. The van der Waals surface area contributed by atoms with Crippen molar-refractivity contribution >= 4 is 11.6 Å². The minimum atomic E-state index is -0.296. The molecule has 0 amide bonds. The maximum Gasteiger partial charge on any atom is 2.00 e. The van der Waals surface area contributed by atoms with Crippen molar-refractivity contribution in [3.05, 3.63) is 169 Å². The van der Waals surface area contributed by atoms with E-state index in [1.165, 1.54) is 0 Å². The third-order valence-corrected chi connectivity index (χ3v) is 5.40. The minimum absolute atomic E-state index is 0. The number of rotatable bonds is 8. The van der Waals surface area contributed by atoms with Crippen LogP contribution in [0.15, 0.2) is 134 Å². The normalized spacial score (nSPS) is 9.89. The molecule has 0 unspecified atom stereocenters. The van der Waals surface area contributed by atoms with Crippen LogP contribution in [-0.4, -0.2) is 11.6 Å². The molecule has 0 spiro atoms. The fraction of sp³-hybridized carbons (Fsp3) is 0.0625. The summed E-state index contributed by atoms with van der Waals surface area (Å²) in [7, 11) is 0. The number of benzene rings is 4. The van der Waals surface area contributed by atoms with E-state index in [9.17, 15) is 9.59 Å². The zero-order valence-corrected chi connectivity index (χ0v) is 20.8. The van der Waals surface area contributed by atoms with Gasteiger partial charge in [-0.15, -0.1) is 0 Å². The Morgan fingerprint density at radius 3 is 0.829 bits per heavy atom. The van der Waals surface area contributed by atoms with Crippen LogP contribution in [0.25, 0.3) is 0 Å². The van der Waals surface area contributed by atoms with Crippen LogP contribution in [0.3, 0.4) is 0 Å². The Bertz CT molecular complexity index is 1030. The fourth-order valence-corrected chi connectivity index (χ4v) is 3.78. The monoisotopic (exact) mass is 548 g/mol. The average Bonchev–Trinajstić information content (AvgIpc) is 2.91. The zero-order chi connectivity index (χ0) is 24.2. The van der Waals surface area contributed by atoms with Crippen molar-refractivity contribution in [2.75, 3.05) is 0 Å². The molecule has 4 aromatic carbocycles. The second-order valence-electron chi connectivity index (χ2n) is 7.59. The number of carbonyl (C=O) groups excluding carboxylic acids is 2. The summed E-state index contributed by atoms with van der Waals surface area (Å²) in [6, 6.07) is 38.8. The Morgan fingerprint density at radius 2 is 0.657 bits per heavy atom. The van der Waals surface area contributed by atoms with Gasteiger partial charge in [-0.2, -0.15) is 0 Å². The van der Waals surface area contributed by atoms with Crippen molar-refractivity contribution in [1.82, 2.24) is 0 Å². The molecule has 0 saturated heterocycles. The Hall–Kier alpha value is -3.64. The molecule has 0 radical (unpaired) electrons. The van der Waals surface area contributed by atoms with Gasteiger partial charge < -0.3 is 21.7 Å². The molecule has 35 heavy (non-hydrogen) atoms. The van der Waals surface area contributed by atoms with Crippen LogP contribution in [-0.2, 0) is 30.0 Å². The molecule has 2 nitrogen and oxygen atoms in total. The molecule has 0 saturated carbocycles. The summed E-state index contributed by atoms with van der Waals surface area (Å²) < 4.78 is 0. The predicted molar refractivity (Wildman–Crippen MR) is 137 cm³/mol. The third-order valence-electron chi connectivity index (χ3n) is 5.40. The van der Waals surface area contributed by atoms with E-state index in [-0.39, 0.29) is 43.8 Å². The Morgan fingerprint density at radius 1 is 0.457 bits per heavy atom. The van der Waals surface area contributed by atoms with Gasteiger partial charge in [-0.25, -0.2) is 0 Å². The molecule has 3 heteroatoms. The van der Waals surface area contributed by atoms with Crippen LogP contribution < -0.4 is 0 Å². The van der Waals surface area contributed by atoms with Gasteiger partial charge in [0.2, 0.25) is 0 Å². The van der Waals surface area contributed by atoms with E-state index in [4.69, 9.17) is 0 Å². The number of ketones is 2. The number of carbonyl (C=O) groups is 2. The molecule has 4 aromatic rings. The van der Waals surface area contributed by atoms with Crippen LogP contribution in [0.5, 0.6) is 0 Å². The second-order valence-corrected chi connectivity index (χ2v) is 7.59. The van der Waals surface area contributed by atoms with Gasteiger partial charge in [-0.05, 0) is 33.8 Å². The first kappa shape index (κ1) is 27.6. The maximum atomic E-state index is 11.9. The smallest absolute Gasteiger partial charge is 0.433 e. The number of allylic oxidation sites excluding steroid dienone is 2. The Labute approximate surface area is 221 Å². The summed E-state index contributed by atoms with van der Waals surface area (Å²) in [5.74, 6) is -0.783. The summed E-state index contributed by atoms with van der Waals surface area (Å²) in [5, 5.41) is 0. The summed E-state index contributed by atoms with van der Waals surface area (Å²) in [5.41, 5.74) is 3.89. The van der Waals surface area contributed by atoms with Crippen molar-refractivity contribution in [2.45, 2.75) is 11.8 Å². The third kappa shape index (κ3) is 7.69. The van der Waals surface area contributed by atoms with E-state index in [0.717, 1.165) is 22.3 Å². The molecule has 0 N–H and O–H groups in total. The molecule has 176 valence electrons. The molecule has 0 aliphatic heterocycles. The van der Waals surface area contributed by atoms with E-state index >= 15 is 0 Å². The van der Waals surface area contributed by atoms with Crippen LogP contribution in [0, 0.1) is 12.2 Å². The topological polar surface area (TPSA) is 34.1 Å². The van der Waals surface area contributed by atoms with Gasteiger partial charge in [0.25, 0.3) is 0 Å². The molecule has 0 aliphatic carbocycles. The van der Waals surface area contributed by atoms with Crippen molar-refractivity contribution < 1.29 is 30.0 Å². The molecule has 0 aliphatic rings. The molecule has 0 heterocycles. The quantitative estimate of drug-likeness (QED) is 0.139. The zero-order valence-electron chi connectivity index (χ0n) is 19.2. The van der Waals surface area contributed by atoms with Gasteiger partial charge in [0, 0.05) is 11.8 Å². The van der Waals surface area contributed by atoms with Gasteiger partial charge >= 0.3 is 20.4 Å². The van der Waals surface area contributed by atoms with Crippen LogP contribution >= 0.6 is 0 Å². The number of Topliss-reactive ketones (excluding diaryl/α,β-unsaturated/α-hetero) is 2. The molecule has 0 atom stereocenters. The van der Waals surface area contributed by atoms with Gasteiger partial charge in [0.05, 0.1) is 0 Å². The van der Waals surface area contributed by atoms with Crippen molar-refractivity contribution in [1.29, 1.82) is 0 Å². The van der Waals surface area contributed by atoms with Crippen molar-refractivity contribution in [3.63, 3.8) is 0 Å². The predicted octanol–water partition coefficient (Wildman–Crippen LogP) is 6.75. The second kappa shape index (κ2) is 14.6.